The maximum atomic E-state index is 13.7. The first-order chi connectivity index (χ1) is 16.6. The highest BCUT2D eigenvalue weighted by molar-refractivity contribution is 8.00. The lowest BCUT2D eigenvalue weighted by Crippen LogP contribution is -2.38. The molecule has 3 heterocycles. The van der Waals surface area contributed by atoms with Crippen LogP contribution in [0.5, 0.6) is 0 Å². The van der Waals surface area contributed by atoms with Gasteiger partial charge in [0, 0.05) is 25.0 Å². The number of nitrogens with zero attached hydrogens (tertiary/aromatic N) is 4. The second kappa shape index (κ2) is 8.69. The summed E-state index contributed by atoms with van der Waals surface area (Å²) in [6.07, 6.45) is 6.95. The second-order valence-electron chi connectivity index (χ2n) is 9.51. The molecule has 1 atom stereocenters. The molecule has 1 amide bonds. The molecule has 2 aromatic heterocycles. The number of hydrogen-bond donors (Lipinski definition) is 1. The van der Waals surface area contributed by atoms with Crippen LogP contribution in [0.3, 0.4) is 0 Å². The van der Waals surface area contributed by atoms with Crippen molar-refractivity contribution in [3.05, 3.63) is 62.6 Å². The molecule has 1 N–H and O–H groups in total. The molecule has 9 heteroatoms. The summed E-state index contributed by atoms with van der Waals surface area (Å²) < 4.78 is 1.62. The third-order valence-corrected chi connectivity index (χ3v) is 8.08. The number of hydrogen-bond acceptors (Lipinski definition) is 6. The zero-order valence-electron chi connectivity index (χ0n) is 18.9. The molecular weight excluding hydrogens is 450 g/mol. The number of fused-ring (bicyclic) bond motifs is 1. The van der Waals surface area contributed by atoms with Crippen molar-refractivity contribution in [3.63, 3.8) is 0 Å². The summed E-state index contributed by atoms with van der Waals surface area (Å²) in [5.41, 5.74) is 0.391. The largest absolute Gasteiger partial charge is 0.341 e. The maximum Gasteiger partial charge on any atom is 0.330 e. The molecule has 3 aromatic rings. The maximum absolute atomic E-state index is 13.7. The van der Waals surface area contributed by atoms with Gasteiger partial charge in [0.05, 0.1) is 0 Å². The van der Waals surface area contributed by atoms with Gasteiger partial charge in [0.15, 0.2) is 5.65 Å². The predicted molar refractivity (Wildman–Crippen MR) is 130 cm³/mol. The van der Waals surface area contributed by atoms with Gasteiger partial charge in [-0.1, -0.05) is 42.1 Å². The van der Waals surface area contributed by atoms with E-state index in [1.807, 2.05) is 35.2 Å². The normalized spacial score (nSPS) is 19.4. The number of H-pyrrole nitrogens is 1. The van der Waals surface area contributed by atoms with Gasteiger partial charge < -0.3 is 4.90 Å². The lowest BCUT2D eigenvalue weighted by molar-refractivity contribution is -0.131. The summed E-state index contributed by atoms with van der Waals surface area (Å²) in [4.78, 5) is 53.4. The van der Waals surface area contributed by atoms with Crippen LogP contribution in [0.4, 0.5) is 0 Å². The highest BCUT2D eigenvalue weighted by atomic mass is 32.2. The van der Waals surface area contributed by atoms with E-state index < -0.39 is 16.5 Å². The van der Waals surface area contributed by atoms with Crippen LogP contribution in [0.25, 0.3) is 11.0 Å². The first kappa shape index (κ1) is 21.6. The van der Waals surface area contributed by atoms with Crippen molar-refractivity contribution in [1.29, 1.82) is 0 Å². The number of carbonyl (C=O) groups excluding carboxylic acids is 1. The molecule has 1 aromatic carbocycles. The van der Waals surface area contributed by atoms with E-state index in [1.54, 1.807) is 4.57 Å². The zero-order chi connectivity index (χ0) is 23.2. The molecule has 3 fully saturated rings. The molecule has 34 heavy (non-hydrogen) atoms. The van der Waals surface area contributed by atoms with Crippen LogP contribution in [-0.2, 0) is 4.79 Å². The minimum absolute atomic E-state index is 0.0441. The van der Waals surface area contributed by atoms with Gasteiger partial charge in [-0.15, -0.1) is 0 Å². The number of benzene rings is 1. The molecular formula is C25H27N5O3S. The number of piperidine rings is 1. The topological polar surface area (TPSA) is 101 Å². The minimum Gasteiger partial charge on any atom is -0.341 e. The molecule has 2 aliphatic carbocycles. The van der Waals surface area contributed by atoms with Crippen LogP contribution in [0.1, 0.15) is 73.5 Å². The lowest BCUT2D eigenvalue weighted by atomic mass is 10.1. The SMILES string of the molecule is O=C(C(Sc1nc(C2CC2)nc2c1c(=O)[nH]c(=O)n2C1CC1)c1ccccc1)N1CCCCC1. The van der Waals surface area contributed by atoms with Crippen molar-refractivity contribution in [1.82, 2.24) is 24.4 Å². The van der Waals surface area contributed by atoms with Gasteiger partial charge in [-0.3, -0.25) is 19.1 Å². The Morgan fingerprint density at radius 1 is 1.00 bits per heavy atom. The molecule has 0 bridgehead atoms. The van der Waals surface area contributed by atoms with Crippen LogP contribution in [-0.4, -0.2) is 43.4 Å². The van der Waals surface area contributed by atoms with E-state index in [0.717, 1.165) is 63.6 Å². The average molecular weight is 478 g/mol. The number of thioether (sulfide) groups is 1. The van der Waals surface area contributed by atoms with E-state index >= 15 is 0 Å². The third kappa shape index (κ3) is 4.06. The zero-order valence-corrected chi connectivity index (χ0v) is 19.7. The quantitative estimate of drug-likeness (QED) is 0.431. The highest BCUT2D eigenvalue weighted by Crippen LogP contribution is 2.43. The Labute approximate surface area is 200 Å². The summed E-state index contributed by atoms with van der Waals surface area (Å²) >= 11 is 1.32. The van der Waals surface area contributed by atoms with E-state index in [-0.39, 0.29) is 17.9 Å². The molecule has 176 valence electrons. The van der Waals surface area contributed by atoms with E-state index in [4.69, 9.17) is 9.97 Å². The van der Waals surface area contributed by atoms with Crippen LogP contribution in [0.15, 0.2) is 44.9 Å². The van der Waals surface area contributed by atoms with Gasteiger partial charge in [0.25, 0.3) is 5.56 Å². The summed E-state index contributed by atoms with van der Waals surface area (Å²) in [6.45, 7) is 1.50. The Morgan fingerprint density at radius 2 is 1.74 bits per heavy atom. The molecule has 1 unspecified atom stereocenters. The fraction of sp³-hybridized carbons (Fsp3) is 0.480. The third-order valence-electron chi connectivity index (χ3n) is 6.85. The van der Waals surface area contributed by atoms with Gasteiger partial charge in [0.1, 0.15) is 21.5 Å². The number of amides is 1. The molecule has 0 radical (unpaired) electrons. The van der Waals surface area contributed by atoms with Crippen molar-refractivity contribution < 1.29 is 4.79 Å². The average Bonchev–Trinajstić information content (AvgIpc) is 3.76. The van der Waals surface area contributed by atoms with Gasteiger partial charge in [0.2, 0.25) is 5.91 Å². The second-order valence-corrected chi connectivity index (χ2v) is 10.6. The highest BCUT2D eigenvalue weighted by Gasteiger charge is 2.34. The molecule has 6 rings (SSSR count). The van der Waals surface area contributed by atoms with E-state index in [1.165, 1.54) is 11.8 Å². The summed E-state index contributed by atoms with van der Waals surface area (Å²) in [6, 6.07) is 9.76. The number of carbonyl (C=O) groups is 1. The fourth-order valence-electron chi connectivity index (χ4n) is 4.70. The monoisotopic (exact) mass is 477 g/mol. The molecule has 1 aliphatic heterocycles. The van der Waals surface area contributed by atoms with Crippen molar-refractivity contribution in [3.8, 4) is 0 Å². The van der Waals surface area contributed by atoms with Crippen LogP contribution in [0, 0.1) is 0 Å². The Kier molecular flexibility index (Phi) is 5.51. The van der Waals surface area contributed by atoms with Crippen molar-refractivity contribution >= 4 is 28.7 Å². The number of rotatable bonds is 6. The van der Waals surface area contributed by atoms with Crippen molar-refractivity contribution in [2.45, 2.75) is 67.2 Å². The Morgan fingerprint density at radius 3 is 2.41 bits per heavy atom. The number of nitrogens with one attached hydrogen (secondary N) is 1. The number of aromatic nitrogens is 4. The first-order valence-corrected chi connectivity index (χ1v) is 13.0. The smallest absolute Gasteiger partial charge is 0.330 e. The van der Waals surface area contributed by atoms with Gasteiger partial charge in [-0.05, 0) is 50.5 Å². The predicted octanol–water partition coefficient (Wildman–Crippen LogP) is 3.54. The first-order valence-electron chi connectivity index (χ1n) is 12.2. The number of likely N-dealkylation sites (tertiary alicyclic amines) is 1. The fourth-order valence-corrected chi connectivity index (χ4v) is 5.91. The van der Waals surface area contributed by atoms with Crippen LogP contribution in [0.2, 0.25) is 0 Å². The summed E-state index contributed by atoms with van der Waals surface area (Å²) in [7, 11) is 0. The van der Waals surface area contributed by atoms with Crippen LogP contribution < -0.4 is 11.2 Å². The van der Waals surface area contributed by atoms with Gasteiger partial charge >= 0.3 is 5.69 Å². The summed E-state index contributed by atoms with van der Waals surface area (Å²) in [5, 5.41) is 0.278. The van der Waals surface area contributed by atoms with Gasteiger partial charge in [-0.2, -0.15) is 0 Å². The van der Waals surface area contributed by atoms with E-state index in [0.29, 0.717) is 21.9 Å². The van der Waals surface area contributed by atoms with Gasteiger partial charge in [-0.25, -0.2) is 14.8 Å². The Balaban J connectivity index is 1.50. The molecule has 3 aliphatic rings. The number of aromatic amines is 1. The molecule has 0 spiro atoms. The standard InChI is InChI=1S/C25H27N5O3S/c31-22-18-21(30(17-11-12-17)25(33)28-22)26-20(16-9-10-16)27-23(18)34-19(15-7-3-1-4-8-15)24(32)29-13-5-2-6-14-29/h1,3-4,7-8,16-17,19H,2,5-6,9-14H2,(H,28,31,33). The molecule has 8 nitrogen and oxygen atoms in total. The Hall–Kier alpha value is -2.94. The molecule has 2 saturated carbocycles. The van der Waals surface area contributed by atoms with Crippen LogP contribution >= 0.6 is 11.8 Å². The minimum atomic E-state index is -0.523. The Bertz CT molecular complexity index is 1350. The van der Waals surface area contributed by atoms with E-state index in [9.17, 15) is 14.4 Å². The van der Waals surface area contributed by atoms with E-state index in [2.05, 4.69) is 4.98 Å². The van der Waals surface area contributed by atoms with Crippen molar-refractivity contribution in [2.75, 3.05) is 13.1 Å². The summed E-state index contributed by atoms with van der Waals surface area (Å²) in [5.74, 6) is 0.966. The lowest BCUT2D eigenvalue weighted by Gasteiger charge is -2.30. The molecule has 1 saturated heterocycles. The van der Waals surface area contributed by atoms with Crippen molar-refractivity contribution in [2.24, 2.45) is 0 Å².